The normalized spacial score (nSPS) is 18.7. The van der Waals surface area contributed by atoms with Gasteiger partial charge in [0, 0.05) is 24.0 Å². The van der Waals surface area contributed by atoms with Crippen LogP contribution >= 0.6 is 15.9 Å². The minimum atomic E-state index is -3.06. The fourth-order valence-electron chi connectivity index (χ4n) is 5.03. The molecule has 0 bridgehead atoms. The van der Waals surface area contributed by atoms with Crippen molar-refractivity contribution in [2.75, 3.05) is 24.2 Å². The van der Waals surface area contributed by atoms with E-state index >= 15 is 0 Å². The molecule has 0 aromatic heterocycles. The second-order valence-corrected chi connectivity index (χ2v) is 13.6. The molecular formula is C27H36BrNO3S. The number of fused-ring (bicyclic) bond motifs is 1. The molecule has 0 saturated carbocycles. The van der Waals surface area contributed by atoms with Crippen molar-refractivity contribution in [3.63, 3.8) is 0 Å². The van der Waals surface area contributed by atoms with Crippen molar-refractivity contribution in [2.24, 2.45) is 0 Å². The molecule has 6 heteroatoms. The highest BCUT2D eigenvalue weighted by Crippen LogP contribution is 2.41. The lowest BCUT2D eigenvalue weighted by Crippen LogP contribution is -2.54. The van der Waals surface area contributed by atoms with E-state index in [4.69, 9.17) is 4.74 Å². The van der Waals surface area contributed by atoms with Crippen LogP contribution in [0.1, 0.15) is 57.6 Å². The van der Waals surface area contributed by atoms with Crippen molar-refractivity contribution < 1.29 is 13.2 Å². The maximum absolute atomic E-state index is 12.2. The molecule has 0 N–H and O–H groups in total. The lowest BCUT2D eigenvalue weighted by Gasteiger charge is -2.48. The first-order chi connectivity index (χ1) is 15.6. The van der Waals surface area contributed by atoms with Gasteiger partial charge in [0.1, 0.15) is 11.4 Å². The molecule has 1 spiro atoms. The topological polar surface area (TPSA) is 46.6 Å². The van der Waals surface area contributed by atoms with Gasteiger partial charge in [-0.15, -0.1) is 0 Å². The van der Waals surface area contributed by atoms with Crippen molar-refractivity contribution in [1.82, 2.24) is 4.90 Å². The van der Waals surface area contributed by atoms with E-state index in [9.17, 15) is 8.42 Å². The quantitative estimate of drug-likeness (QED) is 0.426. The van der Waals surface area contributed by atoms with E-state index < -0.39 is 9.84 Å². The SMILES string of the molecule is CC(C)(C)N1CCC2(CCc3cc(-c4ccc(CS(=O)(=O)CCCBr)cc4)ccc3O2)CC1. The van der Waals surface area contributed by atoms with Gasteiger partial charge in [-0.05, 0) is 87.3 Å². The predicted molar refractivity (Wildman–Crippen MR) is 140 cm³/mol. The van der Waals surface area contributed by atoms with E-state index in [1.165, 1.54) is 5.56 Å². The Kier molecular flexibility index (Phi) is 7.28. The molecule has 2 heterocycles. The monoisotopic (exact) mass is 533 g/mol. The molecule has 180 valence electrons. The number of aryl methyl sites for hydroxylation is 1. The summed E-state index contributed by atoms with van der Waals surface area (Å²) in [6, 6.07) is 14.4. The molecular weight excluding hydrogens is 498 g/mol. The van der Waals surface area contributed by atoms with Crippen LogP contribution in [0.4, 0.5) is 0 Å². The summed E-state index contributed by atoms with van der Waals surface area (Å²) in [5.41, 5.74) is 4.59. The van der Waals surface area contributed by atoms with Gasteiger partial charge in [0.15, 0.2) is 9.84 Å². The van der Waals surface area contributed by atoms with Crippen LogP contribution in [-0.4, -0.2) is 48.6 Å². The molecule has 1 saturated heterocycles. The first kappa shape index (κ1) is 24.7. The minimum Gasteiger partial charge on any atom is -0.487 e. The number of sulfone groups is 1. The van der Waals surface area contributed by atoms with Gasteiger partial charge in [0.2, 0.25) is 0 Å². The van der Waals surface area contributed by atoms with Gasteiger partial charge in [0.25, 0.3) is 0 Å². The largest absolute Gasteiger partial charge is 0.487 e. The summed E-state index contributed by atoms with van der Waals surface area (Å²) in [5.74, 6) is 1.36. The van der Waals surface area contributed by atoms with Crippen LogP contribution in [0.5, 0.6) is 5.75 Å². The third kappa shape index (κ3) is 6.01. The first-order valence-electron chi connectivity index (χ1n) is 12.0. The molecule has 2 aromatic rings. The molecule has 0 aliphatic carbocycles. The highest BCUT2D eigenvalue weighted by Gasteiger charge is 2.41. The van der Waals surface area contributed by atoms with Gasteiger partial charge in [-0.1, -0.05) is 46.3 Å². The van der Waals surface area contributed by atoms with Gasteiger partial charge in [-0.25, -0.2) is 8.42 Å². The van der Waals surface area contributed by atoms with Crippen LogP contribution in [0.2, 0.25) is 0 Å². The highest BCUT2D eigenvalue weighted by molar-refractivity contribution is 9.09. The Morgan fingerprint density at radius 2 is 1.67 bits per heavy atom. The smallest absolute Gasteiger partial charge is 0.154 e. The van der Waals surface area contributed by atoms with Gasteiger partial charge in [-0.2, -0.15) is 0 Å². The second kappa shape index (κ2) is 9.71. The summed E-state index contributed by atoms with van der Waals surface area (Å²) in [7, 11) is -3.06. The second-order valence-electron chi connectivity index (χ2n) is 10.6. The molecule has 2 aromatic carbocycles. The Bertz CT molecular complexity index is 1070. The molecule has 0 atom stereocenters. The van der Waals surface area contributed by atoms with Crippen molar-refractivity contribution in [2.45, 2.75) is 69.8 Å². The Morgan fingerprint density at radius 3 is 2.30 bits per heavy atom. The zero-order valence-electron chi connectivity index (χ0n) is 20.1. The lowest BCUT2D eigenvalue weighted by molar-refractivity contribution is -0.0355. The van der Waals surface area contributed by atoms with Crippen molar-refractivity contribution in [3.8, 4) is 16.9 Å². The van der Waals surface area contributed by atoms with Gasteiger partial charge >= 0.3 is 0 Å². The molecule has 0 unspecified atom stereocenters. The zero-order chi connectivity index (χ0) is 23.7. The van der Waals surface area contributed by atoms with Crippen molar-refractivity contribution in [3.05, 3.63) is 53.6 Å². The fourth-order valence-corrected chi connectivity index (χ4v) is 7.11. The molecule has 33 heavy (non-hydrogen) atoms. The standard InChI is InChI=1S/C27H36BrNO3S/c1-26(2,3)29-16-13-27(14-17-29)12-11-24-19-23(9-10-25(24)32-27)22-7-5-21(6-8-22)20-33(30,31)18-4-15-28/h5-10,19H,4,11-18,20H2,1-3H3. The molecule has 1 fully saturated rings. The number of halogens is 1. The first-order valence-corrected chi connectivity index (χ1v) is 15.0. The van der Waals surface area contributed by atoms with E-state index in [-0.39, 0.29) is 22.6 Å². The lowest BCUT2D eigenvalue weighted by atomic mass is 9.81. The van der Waals surface area contributed by atoms with E-state index in [1.54, 1.807) is 0 Å². The molecule has 2 aliphatic heterocycles. The van der Waals surface area contributed by atoms with E-state index in [0.717, 1.165) is 61.2 Å². The molecule has 4 nitrogen and oxygen atoms in total. The number of hydrogen-bond acceptors (Lipinski definition) is 4. The summed E-state index contributed by atoms with van der Waals surface area (Å²) < 4.78 is 31.1. The summed E-state index contributed by atoms with van der Waals surface area (Å²) in [6.07, 6.45) is 4.94. The van der Waals surface area contributed by atoms with E-state index in [1.807, 2.05) is 24.3 Å². The number of nitrogens with zero attached hydrogens (tertiary/aromatic N) is 1. The maximum atomic E-state index is 12.2. The van der Waals surface area contributed by atoms with Crippen LogP contribution in [0.15, 0.2) is 42.5 Å². The van der Waals surface area contributed by atoms with Crippen LogP contribution in [-0.2, 0) is 22.0 Å². The van der Waals surface area contributed by atoms with Crippen molar-refractivity contribution in [1.29, 1.82) is 0 Å². The summed E-state index contributed by atoms with van der Waals surface area (Å²) in [6.45, 7) is 9.06. The number of piperidine rings is 1. The third-order valence-electron chi connectivity index (χ3n) is 7.12. The number of rotatable bonds is 6. The van der Waals surface area contributed by atoms with E-state index in [0.29, 0.717) is 11.8 Å². The Hall–Kier alpha value is -1.37. The van der Waals surface area contributed by atoms with Crippen LogP contribution in [0.3, 0.4) is 0 Å². The molecule has 0 radical (unpaired) electrons. The van der Waals surface area contributed by atoms with Crippen LogP contribution in [0, 0.1) is 0 Å². The Balaban J connectivity index is 1.43. The molecule has 4 rings (SSSR count). The number of benzene rings is 2. The number of alkyl halides is 1. The fraction of sp³-hybridized carbons (Fsp3) is 0.556. The molecule has 0 amide bonds. The van der Waals surface area contributed by atoms with Gasteiger partial charge in [0.05, 0.1) is 11.5 Å². The third-order valence-corrected chi connectivity index (χ3v) is 9.37. The minimum absolute atomic E-state index is 0.0156. The summed E-state index contributed by atoms with van der Waals surface area (Å²) >= 11 is 3.30. The Morgan fingerprint density at radius 1 is 1.00 bits per heavy atom. The average Bonchev–Trinajstić information content (AvgIpc) is 2.77. The maximum Gasteiger partial charge on any atom is 0.154 e. The predicted octanol–water partition coefficient (Wildman–Crippen LogP) is 6.01. The Labute approximate surface area is 207 Å². The summed E-state index contributed by atoms with van der Waals surface area (Å²) in [5, 5.41) is 0.712. The number of hydrogen-bond donors (Lipinski definition) is 0. The number of ether oxygens (including phenoxy) is 1. The van der Waals surface area contributed by atoms with Crippen molar-refractivity contribution >= 4 is 25.8 Å². The van der Waals surface area contributed by atoms with Gasteiger partial charge in [-0.3, -0.25) is 4.90 Å². The highest BCUT2D eigenvalue weighted by atomic mass is 79.9. The zero-order valence-corrected chi connectivity index (χ0v) is 22.5. The van der Waals surface area contributed by atoms with Gasteiger partial charge < -0.3 is 4.74 Å². The number of likely N-dealkylation sites (tertiary alicyclic amines) is 1. The molecule has 2 aliphatic rings. The average molecular weight is 535 g/mol. The summed E-state index contributed by atoms with van der Waals surface area (Å²) in [4.78, 5) is 2.57. The van der Waals surface area contributed by atoms with Crippen LogP contribution < -0.4 is 4.74 Å². The van der Waals surface area contributed by atoms with E-state index in [2.05, 4.69) is 59.8 Å². The van der Waals surface area contributed by atoms with Crippen LogP contribution in [0.25, 0.3) is 11.1 Å².